The Morgan fingerprint density at radius 3 is 2.91 bits per heavy atom. The molecule has 0 aliphatic rings. The molecule has 116 valence electrons. The third kappa shape index (κ3) is 5.80. The van der Waals surface area contributed by atoms with Gasteiger partial charge in [0.05, 0.1) is 13.2 Å². The van der Waals surface area contributed by atoms with Crippen molar-refractivity contribution in [3.8, 4) is 6.07 Å². The van der Waals surface area contributed by atoms with Gasteiger partial charge in [0.25, 0.3) is 5.91 Å². The molecule has 0 spiro atoms. The molecule has 0 aliphatic carbocycles. The van der Waals surface area contributed by atoms with Gasteiger partial charge >= 0.3 is 5.97 Å². The Balaban J connectivity index is 2.65. The lowest BCUT2D eigenvalue weighted by Crippen LogP contribution is -2.39. The van der Waals surface area contributed by atoms with Crippen molar-refractivity contribution in [2.24, 2.45) is 0 Å². The van der Waals surface area contributed by atoms with Crippen molar-refractivity contribution in [1.82, 2.24) is 5.32 Å². The number of unbranched alkanes of at least 4 members (excludes halogenated alkanes) is 2. The van der Waals surface area contributed by atoms with Crippen LogP contribution in [0.2, 0.25) is 0 Å². The van der Waals surface area contributed by atoms with E-state index in [1.807, 2.05) is 18.2 Å². The Morgan fingerprint density at radius 1 is 1.45 bits per heavy atom. The van der Waals surface area contributed by atoms with Crippen molar-refractivity contribution in [1.29, 1.82) is 5.26 Å². The quantitative estimate of drug-likeness (QED) is 0.620. The summed E-state index contributed by atoms with van der Waals surface area (Å²) in [4.78, 5) is 23.4. The standard InChI is InChI=1S/C17H20N2O3/c1-13(17(21)22-2)19-16(20)15-10-7-9-14(12-15)8-5-3-4-6-11-18/h5,7-10,12-13H,3-4,6H2,1-2H3,(H,19,20)/t13-/m1/s1. The lowest BCUT2D eigenvalue weighted by molar-refractivity contribution is -0.142. The number of esters is 1. The van der Waals surface area contributed by atoms with Crippen molar-refractivity contribution >= 4 is 18.0 Å². The van der Waals surface area contributed by atoms with Gasteiger partial charge < -0.3 is 10.1 Å². The predicted octanol–water partition coefficient (Wildman–Crippen LogP) is 2.68. The van der Waals surface area contributed by atoms with Crippen LogP contribution in [0.1, 0.15) is 42.1 Å². The van der Waals surface area contributed by atoms with Crippen LogP contribution in [-0.4, -0.2) is 25.0 Å². The van der Waals surface area contributed by atoms with Crippen molar-refractivity contribution < 1.29 is 14.3 Å². The number of nitrogens with one attached hydrogen (secondary N) is 1. The number of ether oxygens (including phenoxy) is 1. The van der Waals surface area contributed by atoms with Crippen LogP contribution in [0, 0.1) is 11.3 Å². The van der Waals surface area contributed by atoms with Gasteiger partial charge in [-0.05, 0) is 37.5 Å². The number of methoxy groups -OCH3 is 1. The summed E-state index contributed by atoms with van der Waals surface area (Å²) >= 11 is 0. The van der Waals surface area contributed by atoms with E-state index in [1.165, 1.54) is 7.11 Å². The molecule has 5 nitrogen and oxygen atoms in total. The normalized spacial score (nSPS) is 11.7. The first-order chi connectivity index (χ1) is 10.6. The molecule has 1 aromatic carbocycles. The largest absolute Gasteiger partial charge is 0.467 e. The van der Waals surface area contributed by atoms with Gasteiger partial charge in [-0.1, -0.05) is 24.3 Å². The molecule has 5 heteroatoms. The van der Waals surface area contributed by atoms with E-state index in [0.717, 1.165) is 18.4 Å². The zero-order chi connectivity index (χ0) is 16.4. The van der Waals surface area contributed by atoms with Gasteiger partial charge in [-0.15, -0.1) is 0 Å². The zero-order valence-corrected chi connectivity index (χ0v) is 12.8. The molecule has 1 amide bonds. The smallest absolute Gasteiger partial charge is 0.328 e. The highest BCUT2D eigenvalue weighted by Gasteiger charge is 2.16. The second-order valence-electron chi connectivity index (χ2n) is 4.80. The van der Waals surface area contributed by atoms with E-state index < -0.39 is 12.0 Å². The lowest BCUT2D eigenvalue weighted by Gasteiger charge is -2.11. The van der Waals surface area contributed by atoms with E-state index in [-0.39, 0.29) is 5.91 Å². The number of hydrogen-bond acceptors (Lipinski definition) is 4. The molecule has 1 N–H and O–H groups in total. The first-order valence-corrected chi connectivity index (χ1v) is 7.10. The van der Waals surface area contributed by atoms with Gasteiger partial charge in [-0.3, -0.25) is 4.79 Å². The van der Waals surface area contributed by atoms with Crippen LogP contribution in [0.15, 0.2) is 30.3 Å². The minimum atomic E-state index is -0.692. The molecule has 0 saturated carbocycles. The van der Waals surface area contributed by atoms with Gasteiger partial charge in [0, 0.05) is 12.0 Å². The van der Waals surface area contributed by atoms with Crippen molar-refractivity contribution in [2.45, 2.75) is 32.2 Å². The molecule has 0 heterocycles. The highest BCUT2D eigenvalue weighted by atomic mass is 16.5. The molecule has 1 rings (SSSR count). The number of hydrogen-bond donors (Lipinski definition) is 1. The maximum Gasteiger partial charge on any atom is 0.328 e. The number of rotatable bonds is 7. The molecule has 1 atom stereocenters. The number of benzene rings is 1. The van der Waals surface area contributed by atoms with Gasteiger partial charge in [-0.25, -0.2) is 4.79 Å². The van der Waals surface area contributed by atoms with E-state index in [1.54, 1.807) is 25.1 Å². The summed E-state index contributed by atoms with van der Waals surface area (Å²) in [5.41, 5.74) is 1.38. The zero-order valence-electron chi connectivity index (χ0n) is 12.8. The SMILES string of the molecule is COC(=O)[C@@H](C)NC(=O)c1cccc(C=CCCCC#N)c1. The summed E-state index contributed by atoms with van der Waals surface area (Å²) in [6, 6.07) is 8.52. The molecular weight excluding hydrogens is 280 g/mol. The Labute approximate surface area is 130 Å². The van der Waals surface area contributed by atoms with E-state index >= 15 is 0 Å². The third-order valence-electron chi connectivity index (χ3n) is 3.02. The number of nitriles is 1. The van der Waals surface area contributed by atoms with Crippen LogP contribution in [0.4, 0.5) is 0 Å². The van der Waals surface area contributed by atoms with E-state index in [4.69, 9.17) is 5.26 Å². The summed E-state index contributed by atoms with van der Waals surface area (Å²) in [6.45, 7) is 1.57. The third-order valence-corrected chi connectivity index (χ3v) is 3.02. The monoisotopic (exact) mass is 300 g/mol. The van der Waals surface area contributed by atoms with Crippen molar-refractivity contribution in [3.63, 3.8) is 0 Å². The van der Waals surface area contributed by atoms with Crippen LogP contribution < -0.4 is 5.32 Å². The first-order valence-electron chi connectivity index (χ1n) is 7.10. The van der Waals surface area contributed by atoms with Gasteiger partial charge in [0.2, 0.25) is 0 Å². The predicted molar refractivity (Wildman–Crippen MR) is 83.9 cm³/mol. The molecule has 0 bridgehead atoms. The summed E-state index contributed by atoms with van der Waals surface area (Å²) in [6.07, 6.45) is 6.08. The lowest BCUT2D eigenvalue weighted by atomic mass is 10.1. The number of nitrogens with zero attached hydrogens (tertiary/aromatic N) is 1. The average Bonchev–Trinajstić information content (AvgIpc) is 2.54. The minimum absolute atomic E-state index is 0.322. The van der Waals surface area contributed by atoms with Crippen LogP contribution in [-0.2, 0) is 9.53 Å². The van der Waals surface area contributed by atoms with Crippen LogP contribution in [0.3, 0.4) is 0 Å². The molecule has 0 aliphatic heterocycles. The van der Waals surface area contributed by atoms with Crippen LogP contribution >= 0.6 is 0 Å². The second-order valence-corrected chi connectivity index (χ2v) is 4.80. The fraction of sp³-hybridized carbons (Fsp3) is 0.353. The maximum absolute atomic E-state index is 12.1. The highest BCUT2D eigenvalue weighted by Crippen LogP contribution is 2.09. The molecule has 0 radical (unpaired) electrons. The fourth-order valence-electron chi connectivity index (χ4n) is 1.82. The average molecular weight is 300 g/mol. The Kier molecular flexibility index (Phi) is 7.41. The maximum atomic E-state index is 12.1. The highest BCUT2D eigenvalue weighted by molar-refractivity contribution is 5.97. The molecule has 0 unspecified atom stereocenters. The molecule has 1 aromatic rings. The summed E-state index contributed by atoms with van der Waals surface area (Å²) in [5, 5.41) is 11.0. The second kappa shape index (κ2) is 9.35. The Hall–Kier alpha value is -2.61. The number of amides is 1. The molecule has 22 heavy (non-hydrogen) atoms. The minimum Gasteiger partial charge on any atom is -0.467 e. The molecule has 0 saturated heterocycles. The Bertz CT molecular complexity index is 588. The molecular formula is C17H20N2O3. The number of carbonyl (C=O) groups excluding carboxylic acids is 2. The van der Waals surface area contributed by atoms with E-state index in [0.29, 0.717) is 12.0 Å². The van der Waals surface area contributed by atoms with Gasteiger partial charge in [-0.2, -0.15) is 5.26 Å². The fourth-order valence-corrected chi connectivity index (χ4v) is 1.82. The summed E-state index contributed by atoms with van der Waals surface area (Å²) in [5.74, 6) is -0.806. The summed E-state index contributed by atoms with van der Waals surface area (Å²) < 4.78 is 4.57. The van der Waals surface area contributed by atoms with E-state index in [9.17, 15) is 9.59 Å². The number of carbonyl (C=O) groups is 2. The topological polar surface area (TPSA) is 79.2 Å². The van der Waals surface area contributed by atoms with Crippen LogP contribution in [0.5, 0.6) is 0 Å². The Morgan fingerprint density at radius 2 is 2.23 bits per heavy atom. The van der Waals surface area contributed by atoms with Crippen LogP contribution in [0.25, 0.3) is 6.08 Å². The molecule has 0 aromatic heterocycles. The van der Waals surface area contributed by atoms with E-state index in [2.05, 4.69) is 16.1 Å². The van der Waals surface area contributed by atoms with Crippen molar-refractivity contribution in [3.05, 3.63) is 41.5 Å². The van der Waals surface area contributed by atoms with Crippen molar-refractivity contribution in [2.75, 3.05) is 7.11 Å². The first kappa shape index (κ1) is 17.4. The molecule has 0 fully saturated rings. The summed E-state index contributed by atoms with van der Waals surface area (Å²) in [7, 11) is 1.28. The van der Waals surface area contributed by atoms with Gasteiger partial charge in [0.1, 0.15) is 6.04 Å². The van der Waals surface area contributed by atoms with Gasteiger partial charge in [0.15, 0.2) is 0 Å². The number of allylic oxidation sites excluding steroid dienone is 1.